The second-order valence-electron chi connectivity index (χ2n) is 18.6. The van der Waals surface area contributed by atoms with Crippen molar-refractivity contribution in [1.82, 2.24) is 29.6 Å². The fraction of sp³-hybridized carbons (Fsp3) is 0.396. The van der Waals surface area contributed by atoms with Crippen LogP contribution in [0, 0.1) is 0 Å². The lowest BCUT2D eigenvalue weighted by Crippen LogP contribution is -2.64. The minimum Gasteiger partial charge on any atom is -0.508 e. The Hall–Kier alpha value is -6.29. The molecule has 0 saturated carbocycles. The van der Waals surface area contributed by atoms with Crippen LogP contribution in [0.15, 0.2) is 126 Å². The summed E-state index contributed by atoms with van der Waals surface area (Å²) in [6, 6.07) is 36.6. The third-order valence-corrected chi connectivity index (χ3v) is 15.4. The van der Waals surface area contributed by atoms with Gasteiger partial charge in [0.1, 0.15) is 5.75 Å². The second kappa shape index (κ2) is 21.8. The molecule has 5 aromatic carbocycles. The van der Waals surface area contributed by atoms with Gasteiger partial charge in [0.05, 0.1) is 17.0 Å². The van der Waals surface area contributed by atoms with Gasteiger partial charge in [0, 0.05) is 81.9 Å². The molecule has 14 nitrogen and oxygen atoms in total. The summed E-state index contributed by atoms with van der Waals surface area (Å²) < 4.78 is 30.5. The van der Waals surface area contributed by atoms with Crippen LogP contribution in [0.5, 0.6) is 5.75 Å². The third-order valence-electron chi connectivity index (χ3n) is 13.8. The molecule has 0 aliphatic carbocycles. The van der Waals surface area contributed by atoms with Crippen molar-refractivity contribution in [2.24, 2.45) is 0 Å². The van der Waals surface area contributed by atoms with E-state index in [4.69, 9.17) is 0 Å². The SMILES string of the molecule is CN(C)c1cccc2c(S(=O)(=O)NCCCCC(CN3CCC[C@H]3CN3C(=O)C(=O)NC[C@@H]3Cc3ccccc3)N3C[C@H](Cc4ccc(O)cc4)N(CCc4ccccc4)C(=O)C3=O)cccc12. The predicted octanol–water partition coefficient (Wildman–Crippen LogP) is 4.99. The van der Waals surface area contributed by atoms with E-state index >= 15 is 0 Å². The standard InChI is InChI=1S/C53H63N7O7S/c1-56(2)48-22-11-21-47-46(48)20-12-23-49(47)68(66,67)55-29-10-9-18-42(35-57-30-13-19-41(57)36-60-43(34-54-50(62)51(60)63)32-39-16-7-4-8-17-39)59-37-44(33-40-24-26-45(61)27-25-40)58(52(64)53(59)65)31-28-38-14-5-3-6-15-38/h3-8,11-12,14-17,20-27,41-44,55,61H,9-10,13,18-19,28-37H2,1-2H3,(H,54,62)/t41-,42?,43-,44-/m0/s1. The molecular weight excluding hydrogens is 879 g/mol. The summed E-state index contributed by atoms with van der Waals surface area (Å²) in [6.07, 6.45) is 4.86. The molecule has 0 radical (unpaired) electrons. The zero-order chi connectivity index (χ0) is 47.8. The normalized spacial score (nSPS) is 19.7. The number of phenols is 1. The Morgan fingerprint density at radius 2 is 1.40 bits per heavy atom. The number of phenolic OH excluding ortho intramolecular Hbond substituents is 1. The van der Waals surface area contributed by atoms with Gasteiger partial charge in [0.15, 0.2) is 0 Å². The number of fused-ring (bicyclic) bond motifs is 1. The molecule has 0 aromatic heterocycles. The zero-order valence-electron chi connectivity index (χ0n) is 39.0. The molecule has 3 aliphatic heterocycles. The second-order valence-corrected chi connectivity index (χ2v) is 20.3. The highest BCUT2D eigenvalue weighted by Gasteiger charge is 2.43. The molecule has 3 fully saturated rings. The first-order chi connectivity index (χ1) is 32.9. The van der Waals surface area contributed by atoms with E-state index in [0.29, 0.717) is 70.1 Å². The van der Waals surface area contributed by atoms with Crippen LogP contribution in [-0.4, -0.2) is 141 Å². The van der Waals surface area contributed by atoms with Crippen LogP contribution in [0.4, 0.5) is 5.69 Å². The van der Waals surface area contributed by atoms with Crippen molar-refractivity contribution in [3.05, 3.63) is 138 Å². The molecular formula is C53H63N7O7S. The van der Waals surface area contributed by atoms with Gasteiger partial charge in [-0.1, -0.05) is 103 Å². The minimum atomic E-state index is -3.88. The molecule has 0 bridgehead atoms. The van der Waals surface area contributed by atoms with Crippen LogP contribution < -0.4 is 14.9 Å². The number of aromatic hydroxyl groups is 1. The summed E-state index contributed by atoms with van der Waals surface area (Å²) in [5, 5.41) is 14.3. The quantitative estimate of drug-likeness (QED) is 0.0722. The Kier molecular flexibility index (Phi) is 15.4. The summed E-state index contributed by atoms with van der Waals surface area (Å²) in [4.78, 5) is 65.0. The van der Waals surface area contributed by atoms with Gasteiger partial charge in [-0.15, -0.1) is 0 Å². The average molecular weight is 942 g/mol. The molecule has 3 N–H and O–H groups in total. The number of likely N-dealkylation sites (tertiary alicyclic amines) is 1. The Bertz CT molecular complexity index is 2670. The molecule has 5 aromatic rings. The number of benzene rings is 5. The van der Waals surface area contributed by atoms with E-state index < -0.39 is 39.7 Å². The lowest BCUT2D eigenvalue weighted by molar-refractivity contribution is -0.161. The van der Waals surface area contributed by atoms with Gasteiger partial charge in [0.25, 0.3) is 0 Å². The van der Waals surface area contributed by atoms with Gasteiger partial charge in [-0.25, -0.2) is 13.1 Å². The molecule has 15 heteroatoms. The number of hydrogen-bond acceptors (Lipinski definition) is 9. The Balaban J connectivity index is 1.02. The van der Waals surface area contributed by atoms with E-state index in [1.807, 2.05) is 116 Å². The van der Waals surface area contributed by atoms with Crippen LogP contribution in [0.2, 0.25) is 0 Å². The van der Waals surface area contributed by atoms with Crippen molar-refractivity contribution in [3.63, 3.8) is 0 Å². The number of nitrogens with one attached hydrogen (secondary N) is 2. The number of unbranched alkanes of at least 4 members (excludes halogenated alkanes) is 1. The number of anilines is 1. The highest BCUT2D eigenvalue weighted by molar-refractivity contribution is 7.89. The Labute approximate surface area is 399 Å². The zero-order valence-corrected chi connectivity index (χ0v) is 39.8. The molecule has 4 atom stereocenters. The Morgan fingerprint density at radius 1 is 0.721 bits per heavy atom. The van der Waals surface area contributed by atoms with Crippen LogP contribution in [-0.2, 0) is 48.5 Å². The van der Waals surface area contributed by atoms with E-state index in [1.54, 1.807) is 39.0 Å². The van der Waals surface area contributed by atoms with E-state index in [0.717, 1.165) is 47.2 Å². The third kappa shape index (κ3) is 11.3. The number of carbonyl (C=O) groups is 4. The smallest absolute Gasteiger partial charge is 0.312 e. The highest BCUT2D eigenvalue weighted by atomic mass is 32.2. The van der Waals surface area contributed by atoms with Crippen molar-refractivity contribution in [3.8, 4) is 5.75 Å². The molecule has 0 spiro atoms. The highest BCUT2D eigenvalue weighted by Crippen LogP contribution is 2.31. The molecule has 68 heavy (non-hydrogen) atoms. The van der Waals surface area contributed by atoms with Crippen LogP contribution in [0.1, 0.15) is 48.8 Å². The fourth-order valence-corrected chi connectivity index (χ4v) is 11.5. The molecule has 1 unspecified atom stereocenters. The lowest BCUT2D eigenvalue weighted by atomic mass is 9.97. The minimum absolute atomic E-state index is 0.0862. The van der Waals surface area contributed by atoms with Crippen molar-refractivity contribution in [1.29, 1.82) is 0 Å². The van der Waals surface area contributed by atoms with E-state index in [9.17, 15) is 32.7 Å². The van der Waals surface area contributed by atoms with E-state index in [-0.39, 0.29) is 41.9 Å². The predicted molar refractivity (Wildman–Crippen MR) is 264 cm³/mol. The number of sulfonamides is 1. The first-order valence-corrected chi connectivity index (χ1v) is 25.3. The summed E-state index contributed by atoms with van der Waals surface area (Å²) >= 11 is 0. The van der Waals surface area contributed by atoms with Gasteiger partial charge in [-0.3, -0.25) is 24.1 Å². The first-order valence-electron chi connectivity index (χ1n) is 23.8. The number of amides is 4. The van der Waals surface area contributed by atoms with Crippen LogP contribution in [0.3, 0.4) is 0 Å². The van der Waals surface area contributed by atoms with Gasteiger partial charge in [0.2, 0.25) is 10.0 Å². The topological polar surface area (TPSA) is 163 Å². The van der Waals surface area contributed by atoms with Crippen molar-refractivity contribution >= 4 is 50.1 Å². The van der Waals surface area contributed by atoms with Crippen molar-refractivity contribution in [2.75, 3.05) is 64.8 Å². The van der Waals surface area contributed by atoms with Crippen LogP contribution in [0.25, 0.3) is 10.8 Å². The maximum Gasteiger partial charge on any atom is 0.312 e. The van der Waals surface area contributed by atoms with E-state index in [1.165, 1.54) is 0 Å². The maximum absolute atomic E-state index is 14.5. The molecule has 3 aliphatic rings. The van der Waals surface area contributed by atoms with Gasteiger partial charge in [-0.05, 0) is 92.4 Å². The monoisotopic (exact) mass is 941 g/mol. The molecule has 3 heterocycles. The first kappa shape index (κ1) is 48.2. The number of hydrogen-bond donors (Lipinski definition) is 3. The molecule has 3 saturated heterocycles. The van der Waals surface area contributed by atoms with Gasteiger partial charge >= 0.3 is 23.6 Å². The average Bonchev–Trinajstić information content (AvgIpc) is 3.78. The summed E-state index contributed by atoms with van der Waals surface area (Å²) in [7, 11) is -0.0286. The summed E-state index contributed by atoms with van der Waals surface area (Å²) in [5.41, 5.74) is 3.97. The van der Waals surface area contributed by atoms with Gasteiger partial charge < -0.3 is 30.0 Å². The number of carbonyl (C=O) groups excluding carboxylic acids is 4. The summed E-state index contributed by atoms with van der Waals surface area (Å²) in [6.45, 7) is 2.68. The number of piperazine rings is 2. The lowest BCUT2D eigenvalue weighted by Gasteiger charge is -2.45. The molecule has 4 amide bonds. The Morgan fingerprint density at radius 3 is 2.13 bits per heavy atom. The number of nitrogens with zero attached hydrogens (tertiary/aromatic N) is 5. The maximum atomic E-state index is 14.5. The van der Waals surface area contributed by atoms with Crippen molar-refractivity contribution < 1.29 is 32.7 Å². The largest absolute Gasteiger partial charge is 0.508 e. The van der Waals surface area contributed by atoms with Crippen LogP contribution >= 0.6 is 0 Å². The number of rotatable bonds is 20. The molecule has 358 valence electrons. The van der Waals surface area contributed by atoms with E-state index in [2.05, 4.69) is 14.9 Å². The van der Waals surface area contributed by atoms with Crippen molar-refractivity contribution in [2.45, 2.75) is 80.4 Å². The van der Waals surface area contributed by atoms with Gasteiger partial charge in [-0.2, -0.15) is 0 Å². The fourth-order valence-electron chi connectivity index (χ4n) is 10.2. The molecule has 8 rings (SSSR count). The summed E-state index contributed by atoms with van der Waals surface area (Å²) in [5.74, 6) is -2.15.